The molecule has 164 valence electrons. The normalized spacial score (nSPS) is 11.0. The van der Waals surface area contributed by atoms with Gasteiger partial charge in [-0.3, -0.25) is 4.79 Å². The predicted molar refractivity (Wildman–Crippen MR) is 131 cm³/mol. The van der Waals surface area contributed by atoms with Crippen LogP contribution in [0, 0.1) is 13.8 Å². The van der Waals surface area contributed by atoms with E-state index in [9.17, 15) is 4.79 Å². The molecule has 32 heavy (non-hydrogen) atoms. The molecular formula is C28H30N2O2. The first-order valence-electron chi connectivity index (χ1n) is 10.9. The highest BCUT2D eigenvalue weighted by Crippen LogP contribution is 2.36. The minimum absolute atomic E-state index is 0.0932. The number of fused-ring (bicyclic) bond motifs is 1. The van der Waals surface area contributed by atoms with E-state index >= 15 is 0 Å². The van der Waals surface area contributed by atoms with E-state index < -0.39 is 0 Å². The molecule has 1 heterocycles. The minimum Gasteiger partial charge on any atom is -0.497 e. The average molecular weight is 427 g/mol. The molecule has 0 aliphatic carbocycles. The summed E-state index contributed by atoms with van der Waals surface area (Å²) in [6.45, 7) is 4.93. The SMILES string of the molecule is COc1ccc(-c2c(CC(=O)N(C)C)c3cc(C)ccc3n2Cc2ccc(C)cc2)cc1. The molecule has 1 amide bonds. The van der Waals surface area contributed by atoms with Crippen LogP contribution in [0.2, 0.25) is 0 Å². The van der Waals surface area contributed by atoms with E-state index in [1.54, 1.807) is 12.0 Å². The Bertz CT molecular complexity index is 1250. The van der Waals surface area contributed by atoms with Crippen molar-refractivity contribution in [1.29, 1.82) is 0 Å². The summed E-state index contributed by atoms with van der Waals surface area (Å²) in [5.74, 6) is 0.910. The van der Waals surface area contributed by atoms with Crippen molar-refractivity contribution >= 4 is 16.8 Å². The summed E-state index contributed by atoms with van der Waals surface area (Å²) < 4.78 is 7.72. The van der Waals surface area contributed by atoms with Crippen LogP contribution in [0.15, 0.2) is 66.7 Å². The van der Waals surface area contributed by atoms with Gasteiger partial charge in [-0.05, 0) is 66.9 Å². The molecule has 0 radical (unpaired) electrons. The Morgan fingerprint density at radius 2 is 1.56 bits per heavy atom. The molecule has 0 N–H and O–H groups in total. The highest BCUT2D eigenvalue weighted by molar-refractivity contribution is 5.96. The van der Waals surface area contributed by atoms with Gasteiger partial charge in [0.1, 0.15) is 5.75 Å². The van der Waals surface area contributed by atoms with Gasteiger partial charge in [-0.25, -0.2) is 0 Å². The van der Waals surface area contributed by atoms with Crippen LogP contribution in [-0.2, 0) is 17.8 Å². The van der Waals surface area contributed by atoms with Gasteiger partial charge in [-0.15, -0.1) is 0 Å². The highest BCUT2D eigenvalue weighted by atomic mass is 16.5. The zero-order valence-corrected chi connectivity index (χ0v) is 19.5. The maximum Gasteiger partial charge on any atom is 0.226 e. The van der Waals surface area contributed by atoms with Gasteiger partial charge in [0.05, 0.1) is 19.2 Å². The van der Waals surface area contributed by atoms with Gasteiger partial charge in [0, 0.05) is 31.5 Å². The van der Waals surface area contributed by atoms with Gasteiger partial charge in [0.15, 0.2) is 0 Å². The van der Waals surface area contributed by atoms with E-state index in [0.717, 1.165) is 40.0 Å². The smallest absolute Gasteiger partial charge is 0.226 e. The van der Waals surface area contributed by atoms with Crippen molar-refractivity contribution in [3.63, 3.8) is 0 Å². The average Bonchev–Trinajstić information content (AvgIpc) is 3.07. The molecule has 0 atom stereocenters. The molecular weight excluding hydrogens is 396 g/mol. The van der Waals surface area contributed by atoms with Crippen molar-refractivity contribution in [3.8, 4) is 17.0 Å². The fraction of sp³-hybridized carbons (Fsp3) is 0.250. The maximum absolute atomic E-state index is 12.8. The number of rotatable bonds is 6. The second-order valence-electron chi connectivity index (χ2n) is 8.61. The van der Waals surface area contributed by atoms with Gasteiger partial charge >= 0.3 is 0 Å². The van der Waals surface area contributed by atoms with E-state index in [4.69, 9.17) is 4.74 Å². The Morgan fingerprint density at radius 1 is 0.906 bits per heavy atom. The molecule has 4 nitrogen and oxygen atoms in total. The standard InChI is InChI=1S/C28H30N2O2/c1-19-6-9-21(10-7-19)18-30-26-15-8-20(2)16-24(26)25(17-27(31)29(3)4)28(30)22-11-13-23(32-5)14-12-22/h6-16H,17-18H2,1-5H3. The monoisotopic (exact) mass is 426 g/mol. The molecule has 0 fully saturated rings. The molecule has 0 unspecified atom stereocenters. The van der Waals surface area contributed by atoms with Crippen molar-refractivity contribution in [2.24, 2.45) is 0 Å². The summed E-state index contributed by atoms with van der Waals surface area (Å²) in [5.41, 5.74) is 8.04. The predicted octanol–water partition coefficient (Wildman–Crippen LogP) is 5.61. The molecule has 4 aromatic rings. The van der Waals surface area contributed by atoms with Gasteiger partial charge in [0.2, 0.25) is 5.91 Å². The fourth-order valence-electron chi connectivity index (χ4n) is 4.15. The summed E-state index contributed by atoms with van der Waals surface area (Å²) in [6, 6.07) is 23.3. The number of methoxy groups -OCH3 is 1. The number of carbonyl (C=O) groups excluding carboxylic acids is 1. The Morgan fingerprint density at radius 3 is 2.19 bits per heavy atom. The maximum atomic E-state index is 12.8. The molecule has 0 aliphatic heterocycles. The Labute approximate surface area is 190 Å². The van der Waals surface area contributed by atoms with Crippen LogP contribution in [0.1, 0.15) is 22.3 Å². The second kappa shape index (κ2) is 8.91. The number of ether oxygens (including phenoxy) is 1. The van der Waals surface area contributed by atoms with Crippen LogP contribution in [0.3, 0.4) is 0 Å². The van der Waals surface area contributed by atoms with E-state index in [1.165, 1.54) is 16.7 Å². The van der Waals surface area contributed by atoms with E-state index in [-0.39, 0.29) is 5.91 Å². The van der Waals surface area contributed by atoms with E-state index in [1.807, 2.05) is 26.2 Å². The minimum atomic E-state index is 0.0932. The van der Waals surface area contributed by atoms with Crippen molar-refractivity contribution < 1.29 is 9.53 Å². The van der Waals surface area contributed by atoms with Crippen LogP contribution < -0.4 is 4.74 Å². The summed E-state index contributed by atoms with van der Waals surface area (Å²) in [6.07, 6.45) is 0.356. The van der Waals surface area contributed by atoms with Crippen molar-refractivity contribution in [3.05, 3.63) is 89.0 Å². The second-order valence-corrected chi connectivity index (χ2v) is 8.61. The van der Waals surface area contributed by atoms with Crippen molar-refractivity contribution in [2.45, 2.75) is 26.8 Å². The lowest BCUT2D eigenvalue weighted by Crippen LogP contribution is -2.23. The quantitative estimate of drug-likeness (QED) is 0.401. The lowest BCUT2D eigenvalue weighted by molar-refractivity contribution is -0.127. The molecule has 0 saturated heterocycles. The van der Waals surface area contributed by atoms with Gasteiger partial charge in [-0.2, -0.15) is 0 Å². The van der Waals surface area contributed by atoms with Gasteiger partial charge in [0.25, 0.3) is 0 Å². The Hall–Kier alpha value is -3.53. The molecule has 0 spiro atoms. The molecule has 3 aromatic carbocycles. The number of nitrogens with zero attached hydrogens (tertiary/aromatic N) is 2. The van der Waals surface area contributed by atoms with Crippen LogP contribution in [0.5, 0.6) is 5.75 Å². The molecule has 0 aliphatic rings. The topological polar surface area (TPSA) is 34.5 Å². The van der Waals surface area contributed by atoms with E-state index in [2.05, 4.69) is 73.0 Å². The molecule has 4 rings (SSSR count). The zero-order chi connectivity index (χ0) is 22.8. The largest absolute Gasteiger partial charge is 0.497 e. The van der Waals surface area contributed by atoms with Crippen LogP contribution in [0.25, 0.3) is 22.2 Å². The number of likely N-dealkylation sites (N-methyl/N-ethyl adjacent to an activating group) is 1. The van der Waals surface area contributed by atoms with Crippen molar-refractivity contribution in [1.82, 2.24) is 9.47 Å². The molecule has 0 saturated carbocycles. The number of aromatic nitrogens is 1. The third kappa shape index (κ3) is 4.26. The van der Waals surface area contributed by atoms with Crippen LogP contribution in [0.4, 0.5) is 0 Å². The number of hydrogen-bond donors (Lipinski definition) is 0. The zero-order valence-electron chi connectivity index (χ0n) is 19.5. The van der Waals surface area contributed by atoms with Crippen LogP contribution in [-0.4, -0.2) is 36.6 Å². The first kappa shape index (κ1) is 21.7. The van der Waals surface area contributed by atoms with E-state index in [0.29, 0.717) is 6.42 Å². The highest BCUT2D eigenvalue weighted by Gasteiger charge is 2.22. The summed E-state index contributed by atoms with van der Waals surface area (Å²) in [4.78, 5) is 14.5. The van der Waals surface area contributed by atoms with Gasteiger partial charge in [-0.1, -0.05) is 41.5 Å². The number of carbonyl (C=O) groups is 1. The summed E-state index contributed by atoms with van der Waals surface area (Å²) >= 11 is 0. The summed E-state index contributed by atoms with van der Waals surface area (Å²) in [5, 5.41) is 1.14. The summed E-state index contributed by atoms with van der Waals surface area (Å²) in [7, 11) is 5.30. The fourth-order valence-corrected chi connectivity index (χ4v) is 4.15. The third-order valence-electron chi connectivity index (χ3n) is 5.98. The number of hydrogen-bond acceptors (Lipinski definition) is 2. The molecule has 0 bridgehead atoms. The third-order valence-corrected chi connectivity index (χ3v) is 5.98. The number of benzene rings is 3. The first-order valence-corrected chi connectivity index (χ1v) is 10.9. The number of aryl methyl sites for hydroxylation is 2. The Kier molecular flexibility index (Phi) is 6.04. The van der Waals surface area contributed by atoms with Crippen molar-refractivity contribution in [2.75, 3.05) is 21.2 Å². The molecule has 1 aromatic heterocycles. The lowest BCUT2D eigenvalue weighted by atomic mass is 10.0. The number of amides is 1. The lowest BCUT2D eigenvalue weighted by Gasteiger charge is -2.15. The Balaban J connectivity index is 1.97. The molecule has 4 heteroatoms. The first-order chi connectivity index (χ1) is 15.4. The van der Waals surface area contributed by atoms with Gasteiger partial charge < -0.3 is 14.2 Å². The van der Waals surface area contributed by atoms with Crippen LogP contribution >= 0.6 is 0 Å².